The summed E-state index contributed by atoms with van der Waals surface area (Å²) in [6, 6.07) is 7.29. The van der Waals surface area contributed by atoms with Crippen LogP contribution in [0.1, 0.15) is 5.56 Å². The van der Waals surface area contributed by atoms with E-state index in [1.807, 2.05) is 18.2 Å². The van der Waals surface area contributed by atoms with Crippen molar-refractivity contribution in [3.63, 3.8) is 0 Å². The Labute approximate surface area is 70.7 Å². The predicted octanol–water partition coefficient (Wildman–Crippen LogP) is 1.84. The zero-order valence-corrected chi connectivity index (χ0v) is 6.67. The molecule has 0 aromatic heterocycles. The molecule has 0 atom stereocenters. The second-order valence-electron chi connectivity index (χ2n) is 2.06. The minimum absolute atomic E-state index is 0.496. The summed E-state index contributed by atoms with van der Waals surface area (Å²) in [6.45, 7) is 3.63. The van der Waals surface area contributed by atoms with Crippen molar-refractivity contribution in [1.29, 1.82) is 0 Å². The van der Waals surface area contributed by atoms with Crippen LogP contribution in [-0.4, -0.2) is 5.71 Å². The summed E-state index contributed by atoms with van der Waals surface area (Å²) in [5, 5.41) is 4.06. The van der Waals surface area contributed by atoms with Gasteiger partial charge in [-0.2, -0.15) is 5.10 Å². The van der Waals surface area contributed by atoms with Crippen LogP contribution in [0.4, 0.5) is 0 Å². The summed E-state index contributed by atoms with van der Waals surface area (Å²) >= 11 is 5.82. The van der Waals surface area contributed by atoms with Crippen LogP contribution in [-0.2, 0) is 0 Å². The molecule has 0 fully saturated rings. The zero-order valence-electron chi connectivity index (χ0n) is 5.92. The highest BCUT2D eigenvalue weighted by molar-refractivity contribution is 6.34. The molecule has 1 aromatic rings. The summed E-state index contributed by atoms with van der Waals surface area (Å²) in [5.74, 6) is 5.04. The van der Waals surface area contributed by atoms with Crippen LogP contribution in [0.15, 0.2) is 29.4 Å². The smallest absolute Gasteiger partial charge is 0.0691 e. The minimum Gasteiger partial charge on any atom is -0.323 e. The van der Waals surface area contributed by atoms with Crippen molar-refractivity contribution in [2.75, 3.05) is 0 Å². The number of benzene rings is 1. The van der Waals surface area contributed by atoms with E-state index in [4.69, 9.17) is 17.4 Å². The van der Waals surface area contributed by atoms with Crippen molar-refractivity contribution in [3.8, 4) is 0 Å². The Morgan fingerprint density at radius 1 is 1.45 bits per heavy atom. The lowest BCUT2D eigenvalue weighted by Gasteiger charge is -1.99. The van der Waals surface area contributed by atoms with E-state index in [0.29, 0.717) is 10.7 Å². The summed E-state index contributed by atoms with van der Waals surface area (Å²) in [7, 11) is 0. The van der Waals surface area contributed by atoms with Crippen LogP contribution in [0.5, 0.6) is 0 Å². The molecule has 11 heavy (non-hydrogen) atoms. The number of nitrogens with two attached hydrogens (primary N) is 1. The zero-order chi connectivity index (χ0) is 8.27. The van der Waals surface area contributed by atoms with E-state index in [1.165, 1.54) is 0 Å². The molecule has 0 aliphatic rings. The predicted molar refractivity (Wildman–Crippen MR) is 47.5 cm³/mol. The Morgan fingerprint density at radius 2 is 2.09 bits per heavy atom. The maximum absolute atomic E-state index is 5.82. The normalized spacial score (nSPS) is 11.6. The lowest BCUT2D eigenvalue weighted by Crippen LogP contribution is -1.99. The number of hydrogen-bond donors (Lipinski definition) is 1. The van der Waals surface area contributed by atoms with E-state index in [2.05, 4.69) is 12.0 Å². The molecule has 1 aromatic carbocycles. The van der Waals surface area contributed by atoms with Gasteiger partial charge in [-0.3, -0.25) is 0 Å². The highest BCUT2D eigenvalue weighted by Crippen LogP contribution is 2.14. The monoisotopic (exact) mass is 167 g/mol. The maximum atomic E-state index is 5.82. The molecule has 0 unspecified atom stereocenters. The van der Waals surface area contributed by atoms with Gasteiger partial charge in [-0.15, -0.1) is 0 Å². The molecule has 1 rings (SSSR count). The quantitative estimate of drug-likeness (QED) is 0.387. The Bertz CT molecular complexity index is 281. The number of nitrogens with zero attached hydrogens (tertiary/aromatic N) is 1. The molecule has 57 valence electrons. The fraction of sp³-hybridized carbons (Fsp3) is 0. The lowest BCUT2D eigenvalue weighted by atomic mass is 10.1. The van der Waals surface area contributed by atoms with Gasteiger partial charge < -0.3 is 5.84 Å². The first-order chi connectivity index (χ1) is 5.25. The van der Waals surface area contributed by atoms with Crippen LogP contribution in [0, 0.1) is 6.92 Å². The van der Waals surface area contributed by atoms with E-state index < -0.39 is 0 Å². The summed E-state index contributed by atoms with van der Waals surface area (Å²) in [4.78, 5) is 0. The Kier molecular flexibility index (Phi) is 2.49. The summed E-state index contributed by atoms with van der Waals surface area (Å²) < 4.78 is 0. The third-order valence-corrected chi connectivity index (χ3v) is 1.67. The SMILES string of the molecule is [CH2]C(=NN)c1ccccc1Cl. The van der Waals surface area contributed by atoms with Crippen molar-refractivity contribution in [3.05, 3.63) is 41.8 Å². The molecule has 2 N–H and O–H groups in total. The van der Waals surface area contributed by atoms with E-state index in [1.54, 1.807) is 6.07 Å². The van der Waals surface area contributed by atoms with Crippen molar-refractivity contribution < 1.29 is 0 Å². The van der Waals surface area contributed by atoms with Gasteiger partial charge in [-0.05, 0) is 13.0 Å². The maximum Gasteiger partial charge on any atom is 0.0691 e. The van der Waals surface area contributed by atoms with Gasteiger partial charge in [0.05, 0.1) is 5.71 Å². The molecule has 0 bridgehead atoms. The van der Waals surface area contributed by atoms with Gasteiger partial charge in [0, 0.05) is 10.6 Å². The first kappa shape index (κ1) is 8.08. The second kappa shape index (κ2) is 3.39. The van der Waals surface area contributed by atoms with E-state index in [0.717, 1.165) is 5.56 Å². The van der Waals surface area contributed by atoms with Crippen LogP contribution >= 0.6 is 11.6 Å². The summed E-state index contributed by atoms with van der Waals surface area (Å²) in [5.41, 5.74) is 1.27. The van der Waals surface area contributed by atoms with Crippen molar-refractivity contribution in [2.45, 2.75) is 0 Å². The number of hydrogen-bond acceptors (Lipinski definition) is 2. The molecule has 1 radical (unpaired) electrons. The average molecular weight is 168 g/mol. The van der Waals surface area contributed by atoms with Crippen LogP contribution in [0.3, 0.4) is 0 Å². The minimum atomic E-state index is 0.496. The highest BCUT2D eigenvalue weighted by Gasteiger charge is 2.00. The van der Waals surface area contributed by atoms with E-state index >= 15 is 0 Å². The van der Waals surface area contributed by atoms with Crippen molar-refractivity contribution >= 4 is 17.3 Å². The van der Waals surface area contributed by atoms with Crippen LogP contribution < -0.4 is 5.84 Å². The molecular weight excluding hydrogens is 160 g/mol. The Balaban J connectivity index is 3.14. The second-order valence-corrected chi connectivity index (χ2v) is 2.46. The van der Waals surface area contributed by atoms with Crippen LogP contribution in [0.25, 0.3) is 0 Å². The largest absolute Gasteiger partial charge is 0.323 e. The molecule has 0 saturated carbocycles. The van der Waals surface area contributed by atoms with Gasteiger partial charge >= 0.3 is 0 Å². The van der Waals surface area contributed by atoms with Gasteiger partial charge in [0.1, 0.15) is 0 Å². The van der Waals surface area contributed by atoms with Gasteiger partial charge in [0.2, 0.25) is 0 Å². The van der Waals surface area contributed by atoms with Gasteiger partial charge in [-0.1, -0.05) is 29.8 Å². The Hall–Kier alpha value is -1.02. The topological polar surface area (TPSA) is 38.4 Å². The molecule has 2 nitrogen and oxygen atoms in total. The van der Waals surface area contributed by atoms with E-state index in [-0.39, 0.29) is 0 Å². The van der Waals surface area contributed by atoms with Gasteiger partial charge in [0.15, 0.2) is 0 Å². The fourth-order valence-electron chi connectivity index (χ4n) is 0.765. The number of hydrazone groups is 1. The standard InChI is InChI=1S/C8H8ClN2/c1-6(11-10)7-4-2-3-5-8(7)9/h2-5H,1,10H2. The van der Waals surface area contributed by atoms with Crippen molar-refractivity contribution in [2.24, 2.45) is 10.9 Å². The summed E-state index contributed by atoms with van der Waals surface area (Å²) in [6.07, 6.45) is 0. The third kappa shape index (κ3) is 1.71. The first-order valence-corrected chi connectivity index (χ1v) is 3.48. The van der Waals surface area contributed by atoms with Crippen molar-refractivity contribution in [1.82, 2.24) is 0 Å². The Morgan fingerprint density at radius 3 is 2.64 bits per heavy atom. The molecule has 3 heteroatoms. The lowest BCUT2D eigenvalue weighted by molar-refractivity contribution is 1.25. The molecule has 0 aliphatic carbocycles. The number of rotatable bonds is 1. The molecule has 0 heterocycles. The number of halogens is 1. The molecule has 0 saturated heterocycles. The third-order valence-electron chi connectivity index (χ3n) is 1.34. The van der Waals surface area contributed by atoms with E-state index in [9.17, 15) is 0 Å². The van der Waals surface area contributed by atoms with Crippen LogP contribution in [0.2, 0.25) is 5.02 Å². The first-order valence-electron chi connectivity index (χ1n) is 3.10. The highest BCUT2D eigenvalue weighted by atomic mass is 35.5. The molecule has 0 amide bonds. The van der Waals surface area contributed by atoms with Gasteiger partial charge in [-0.25, -0.2) is 0 Å². The van der Waals surface area contributed by atoms with Gasteiger partial charge in [0.25, 0.3) is 0 Å². The molecule has 0 aliphatic heterocycles. The molecular formula is C8H8ClN2. The fourth-order valence-corrected chi connectivity index (χ4v) is 1.01. The average Bonchev–Trinajstić information content (AvgIpc) is 2.04. The molecule has 0 spiro atoms.